The molecule has 0 radical (unpaired) electrons. The lowest BCUT2D eigenvalue weighted by atomic mass is 9.96. The number of hydrogen-bond acceptors (Lipinski definition) is 3. The van der Waals surface area contributed by atoms with Gasteiger partial charge in [-0.3, -0.25) is 4.79 Å². The van der Waals surface area contributed by atoms with E-state index in [1.54, 1.807) is 0 Å². The van der Waals surface area contributed by atoms with Crippen LogP contribution in [0.2, 0.25) is 0 Å². The lowest BCUT2D eigenvalue weighted by molar-refractivity contribution is 0.0940. The largest absolute Gasteiger partial charge is 0.492 e. The number of fused-ring (bicyclic) bond motifs is 1. The average Bonchev–Trinajstić information content (AvgIpc) is 2.36. The highest BCUT2D eigenvalue weighted by molar-refractivity contribution is 5.96. The fraction of sp³-hybridized carbons (Fsp3) is 0.562. The van der Waals surface area contributed by atoms with Gasteiger partial charge < -0.3 is 15.4 Å². The Kier molecular flexibility index (Phi) is 4.65. The molecule has 2 N–H and O–H groups in total. The Morgan fingerprint density at radius 3 is 2.65 bits per heavy atom. The molecular weight excluding hydrogens is 252 g/mol. The third kappa shape index (κ3) is 3.51. The van der Waals surface area contributed by atoms with Crippen molar-refractivity contribution in [1.82, 2.24) is 10.6 Å². The topological polar surface area (TPSA) is 50.4 Å². The van der Waals surface area contributed by atoms with Crippen molar-refractivity contribution in [3.8, 4) is 5.75 Å². The molecule has 4 nitrogen and oxygen atoms in total. The van der Waals surface area contributed by atoms with E-state index < -0.39 is 0 Å². The number of nitrogens with one attached hydrogen (secondary N) is 2. The van der Waals surface area contributed by atoms with E-state index in [0.717, 1.165) is 23.3 Å². The molecule has 20 heavy (non-hydrogen) atoms. The molecule has 1 atom stereocenters. The summed E-state index contributed by atoms with van der Waals surface area (Å²) < 4.78 is 5.79. The lowest BCUT2D eigenvalue weighted by Crippen LogP contribution is -2.43. The molecule has 0 spiro atoms. The van der Waals surface area contributed by atoms with Crippen LogP contribution >= 0.6 is 0 Å². The van der Waals surface area contributed by atoms with Crippen molar-refractivity contribution in [2.45, 2.75) is 52.2 Å². The fourth-order valence-corrected chi connectivity index (χ4v) is 2.54. The van der Waals surface area contributed by atoms with Crippen LogP contribution in [0.4, 0.5) is 0 Å². The van der Waals surface area contributed by atoms with Gasteiger partial charge in [0.25, 0.3) is 5.91 Å². The van der Waals surface area contributed by atoms with Gasteiger partial charge >= 0.3 is 0 Å². The van der Waals surface area contributed by atoms with Crippen molar-refractivity contribution in [1.29, 1.82) is 0 Å². The fourth-order valence-electron chi connectivity index (χ4n) is 2.54. The zero-order chi connectivity index (χ0) is 14.7. The molecule has 4 heteroatoms. The first kappa shape index (κ1) is 14.9. The van der Waals surface area contributed by atoms with Crippen LogP contribution in [0, 0.1) is 0 Å². The summed E-state index contributed by atoms with van der Waals surface area (Å²) in [5, 5.41) is 6.42. The van der Waals surface area contributed by atoms with E-state index in [9.17, 15) is 4.79 Å². The van der Waals surface area contributed by atoms with Crippen molar-refractivity contribution in [3.05, 3.63) is 29.3 Å². The predicted molar refractivity (Wildman–Crippen MR) is 80.3 cm³/mol. The molecule has 0 bridgehead atoms. The van der Waals surface area contributed by atoms with Crippen LogP contribution in [0.25, 0.3) is 0 Å². The summed E-state index contributed by atoms with van der Waals surface area (Å²) >= 11 is 0. The molecule has 1 amide bonds. The van der Waals surface area contributed by atoms with Gasteiger partial charge in [-0.15, -0.1) is 0 Å². The minimum Gasteiger partial charge on any atom is -0.492 e. The summed E-state index contributed by atoms with van der Waals surface area (Å²) in [5.41, 5.74) is 1.74. The Morgan fingerprint density at radius 2 is 2.00 bits per heavy atom. The number of rotatable bonds is 4. The van der Waals surface area contributed by atoms with Crippen LogP contribution in [-0.2, 0) is 6.42 Å². The number of benzene rings is 1. The normalized spacial score (nSPS) is 17.8. The minimum absolute atomic E-state index is 0.0225. The molecule has 0 aliphatic carbocycles. The van der Waals surface area contributed by atoms with Crippen LogP contribution in [0.15, 0.2) is 18.2 Å². The Bertz CT molecular complexity index is 483. The molecule has 0 aromatic heterocycles. The maximum Gasteiger partial charge on any atom is 0.251 e. The quantitative estimate of drug-likeness (QED) is 0.885. The maximum atomic E-state index is 12.3. The second-order valence-corrected chi connectivity index (χ2v) is 5.94. The van der Waals surface area contributed by atoms with Gasteiger partial charge in [0.15, 0.2) is 0 Å². The summed E-state index contributed by atoms with van der Waals surface area (Å²) in [4.78, 5) is 12.3. The van der Waals surface area contributed by atoms with Crippen LogP contribution in [-0.4, -0.2) is 30.6 Å². The molecular formula is C16H24N2O2. The van der Waals surface area contributed by atoms with Crippen LogP contribution in [0.3, 0.4) is 0 Å². The summed E-state index contributed by atoms with van der Waals surface area (Å²) in [6.07, 6.45) is 0.829. The van der Waals surface area contributed by atoms with Gasteiger partial charge in [0.05, 0.1) is 0 Å². The zero-order valence-corrected chi connectivity index (χ0v) is 12.7. The molecule has 0 saturated carbocycles. The Morgan fingerprint density at radius 1 is 1.25 bits per heavy atom. The Hall–Kier alpha value is -1.55. The van der Waals surface area contributed by atoms with Gasteiger partial charge in [0.2, 0.25) is 0 Å². The maximum absolute atomic E-state index is 12.3. The first-order valence-corrected chi connectivity index (χ1v) is 7.29. The van der Waals surface area contributed by atoms with Gasteiger partial charge in [-0.2, -0.15) is 0 Å². The van der Waals surface area contributed by atoms with Gasteiger partial charge in [0, 0.05) is 29.3 Å². The van der Waals surface area contributed by atoms with Crippen LogP contribution in [0.1, 0.15) is 43.6 Å². The number of amides is 1. The van der Waals surface area contributed by atoms with Crippen molar-refractivity contribution in [2.75, 3.05) is 6.61 Å². The summed E-state index contributed by atoms with van der Waals surface area (Å²) in [6.45, 7) is 8.82. The Balaban J connectivity index is 2.22. The number of carbonyl (C=O) groups excluding carboxylic acids is 1. The van der Waals surface area contributed by atoms with E-state index in [1.807, 2.05) is 32.0 Å². The van der Waals surface area contributed by atoms with Crippen molar-refractivity contribution >= 4 is 5.91 Å². The minimum atomic E-state index is -0.0225. The molecule has 1 heterocycles. The monoisotopic (exact) mass is 276 g/mol. The molecule has 1 aliphatic heterocycles. The van der Waals surface area contributed by atoms with E-state index in [2.05, 4.69) is 24.5 Å². The van der Waals surface area contributed by atoms with Gasteiger partial charge in [-0.25, -0.2) is 0 Å². The van der Waals surface area contributed by atoms with E-state index in [0.29, 0.717) is 12.6 Å². The molecule has 1 aromatic rings. The highest BCUT2D eigenvalue weighted by Gasteiger charge is 2.25. The smallest absolute Gasteiger partial charge is 0.251 e. The number of hydrogen-bond donors (Lipinski definition) is 2. The third-order valence-electron chi connectivity index (χ3n) is 3.26. The Labute approximate surface area is 120 Å². The first-order valence-electron chi connectivity index (χ1n) is 7.29. The molecule has 0 unspecified atom stereocenters. The molecule has 110 valence electrons. The van der Waals surface area contributed by atoms with E-state index in [1.165, 1.54) is 0 Å². The predicted octanol–water partition coefficient (Wildman–Crippen LogP) is 2.13. The van der Waals surface area contributed by atoms with Crippen molar-refractivity contribution in [3.63, 3.8) is 0 Å². The van der Waals surface area contributed by atoms with Gasteiger partial charge in [-0.1, -0.05) is 19.9 Å². The molecule has 0 fully saturated rings. The van der Waals surface area contributed by atoms with E-state index in [4.69, 9.17) is 4.74 Å². The SMILES string of the molecule is CC(C)NC(=O)c1cccc2c1C[C@@H](NC(C)C)CO2. The summed E-state index contributed by atoms with van der Waals surface area (Å²) in [5.74, 6) is 0.814. The van der Waals surface area contributed by atoms with Crippen molar-refractivity contribution < 1.29 is 9.53 Å². The first-order chi connectivity index (χ1) is 9.47. The molecule has 0 saturated heterocycles. The molecule has 2 rings (SSSR count). The molecule has 1 aromatic carbocycles. The molecule has 1 aliphatic rings. The second-order valence-electron chi connectivity index (χ2n) is 5.94. The highest BCUT2D eigenvalue weighted by Crippen LogP contribution is 2.28. The van der Waals surface area contributed by atoms with Gasteiger partial charge in [-0.05, 0) is 32.4 Å². The van der Waals surface area contributed by atoms with Crippen LogP contribution in [0.5, 0.6) is 5.75 Å². The zero-order valence-electron chi connectivity index (χ0n) is 12.7. The van der Waals surface area contributed by atoms with E-state index >= 15 is 0 Å². The standard InChI is InChI=1S/C16H24N2O2/c1-10(2)17-12-8-14-13(16(19)18-11(3)4)6-5-7-15(14)20-9-12/h5-7,10-12,17H,8-9H2,1-4H3,(H,18,19)/t12-/m1/s1. The third-order valence-corrected chi connectivity index (χ3v) is 3.26. The average molecular weight is 276 g/mol. The second kappa shape index (κ2) is 6.27. The van der Waals surface area contributed by atoms with Crippen LogP contribution < -0.4 is 15.4 Å². The summed E-state index contributed by atoms with van der Waals surface area (Å²) in [6, 6.07) is 6.49. The number of ether oxygens (including phenoxy) is 1. The van der Waals surface area contributed by atoms with Gasteiger partial charge in [0.1, 0.15) is 12.4 Å². The highest BCUT2D eigenvalue weighted by atomic mass is 16.5. The summed E-state index contributed by atoms with van der Waals surface area (Å²) in [7, 11) is 0. The number of carbonyl (C=O) groups is 1. The van der Waals surface area contributed by atoms with Crippen molar-refractivity contribution in [2.24, 2.45) is 0 Å². The lowest BCUT2D eigenvalue weighted by Gasteiger charge is -2.29. The van der Waals surface area contributed by atoms with E-state index in [-0.39, 0.29) is 18.0 Å².